The van der Waals surface area contributed by atoms with E-state index in [4.69, 9.17) is 23.2 Å². The second-order valence-electron chi connectivity index (χ2n) is 4.25. The van der Waals surface area contributed by atoms with E-state index in [-0.39, 0.29) is 5.91 Å². The number of carbonyl (C=O) groups excluding carboxylic acids is 1. The number of amides is 1. The second kappa shape index (κ2) is 6.39. The smallest absolute Gasteiger partial charge is 0.267 e. The van der Waals surface area contributed by atoms with Crippen molar-refractivity contribution in [3.63, 3.8) is 0 Å². The van der Waals surface area contributed by atoms with Gasteiger partial charge in [-0.15, -0.1) is 11.3 Å². The van der Waals surface area contributed by atoms with Gasteiger partial charge in [0.1, 0.15) is 4.34 Å². The van der Waals surface area contributed by atoms with E-state index in [2.05, 4.69) is 10.5 Å². The van der Waals surface area contributed by atoms with Gasteiger partial charge in [0.25, 0.3) is 5.91 Å². The molecule has 20 heavy (non-hydrogen) atoms. The number of benzene rings is 1. The maximum absolute atomic E-state index is 11.9. The third-order valence-corrected chi connectivity index (χ3v) is 4.14. The average molecular weight is 327 g/mol. The zero-order valence-corrected chi connectivity index (χ0v) is 13.2. The maximum Gasteiger partial charge on any atom is 0.271 e. The van der Waals surface area contributed by atoms with Gasteiger partial charge in [-0.25, -0.2) is 5.43 Å². The number of nitrogens with zero attached hydrogens (tertiary/aromatic N) is 1. The first kappa shape index (κ1) is 15.0. The molecular formula is C14H12Cl2N2OS. The van der Waals surface area contributed by atoms with Gasteiger partial charge in [0.15, 0.2) is 0 Å². The molecule has 0 aliphatic heterocycles. The van der Waals surface area contributed by atoms with Crippen molar-refractivity contribution < 1.29 is 4.79 Å². The fourth-order valence-electron chi connectivity index (χ4n) is 1.63. The second-order valence-corrected chi connectivity index (χ2v) is 6.53. The molecule has 0 bridgehead atoms. The molecule has 2 aromatic rings. The van der Waals surface area contributed by atoms with Gasteiger partial charge in [0, 0.05) is 11.1 Å². The zero-order chi connectivity index (χ0) is 14.7. The molecule has 0 aliphatic carbocycles. The van der Waals surface area contributed by atoms with Gasteiger partial charge in [-0.3, -0.25) is 4.79 Å². The third kappa shape index (κ3) is 3.60. The van der Waals surface area contributed by atoms with Crippen LogP contribution in [0.4, 0.5) is 0 Å². The molecular weight excluding hydrogens is 315 g/mol. The van der Waals surface area contributed by atoms with E-state index in [9.17, 15) is 4.79 Å². The average Bonchev–Trinajstić information content (AvgIpc) is 2.74. The molecule has 6 heteroatoms. The first-order valence-electron chi connectivity index (χ1n) is 5.84. The van der Waals surface area contributed by atoms with E-state index >= 15 is 0 Å². The number of hydrazone groups is 1. The first-order chi connectivity index (χ1) is 9.47. The van der Waals surface area contributed by atoms with Crippen LogP contribution in [0.1, 0.15) is 28.4 Å². The molecule has 104 valence electrons. The van der Waals surface area contributed by atoms with Crippen molar-refractivity contribution in [3.8, 4) is 0 Å². The summed E-state index contributed by atoms with van der Waals surface area (Å²) in [6.45, 7) is 3.69. The molecule has 0 spiro atoms. The van der Waals surface area contributed by atoms with E-state index in [1.807, 2.05) is 19.1 Å². The third-order valence-electron chi connectivity index (χ3n) is 2.65. The number of aryl methyl sites for hydroxylation is 1. The minimum Gasteiger partial charge on any atom is -0.267 e. The van der Waals surface area contributed by atoms with Crippen LogP contribution >= 0.6 is 34.5 Å². The summed E-state index contributed by atoms with van der Waals surface area (Å²) in [5.41, 5.74) is 5.44. The molecule has 0 fully saturated rings. The Hall–Kier alpha value is -1.36. The highest BCUT2D eigenvalue weighted by molar-refractivity contribution is 7.20. The Morgan fingerprint density at radius 2 is 2.05 bits per heavy atom. The van der Waals surface area contributed by atoms with E-state index < -0.39 is 0 Å². The van der Waals surface area contributed by atoms with Crippen LogP contribution in [0, 0.1) is 6.92 Å². The largest absolute Gasteiger partial charge is 0.271 e. The molecule has 1 N–H and O–H groups in total. The van der Waals surface area contributed by atoms with Gasteiger partial charge in [0.2, 0.25) is 0 Å². The summed E-state index contributed by atoms with van der Waals surface area (Å²) in [6.07, 6.45) is 0. The van der Waals surface area contributed by atoms with Gasteiger partial charge < -0.3 is 0 Å². The van der Waals surface area contributed by atoms with Crippen LogP contribution in [0.5, 0.6) is 0 Å². The van der Waals surface area contributed by atoms with Crippen molar-refractivity contribution in [2.75, 3.05) is 0 Å². The molecule has 1 aromatic carbocycles. The summed E-state index contributed by atoms with van der Waals surface area (Å²) < 4.78 is 1.14. The maximum atomic E-state index is 11.9. The molecule has 1 amide bonds. The lowest BCUT2D eigenvalue weighted by Gasteiger charge is -2.03. The predicted molar refractivity (Wildman–Crippen MR) is 85.2 cm³/mol. The van der Waals surface area contributed by atoms with E-state index in [1.54, 1.807) is 25.1 Å². The van der Waals surface area contributed by atoms with E-state index in [0.29, 0.717) is 19.9 Å². The molecule has 3 nitrogen and oxygen atoms in total. The number of carbonyl (C=O) groups is 1. The molecule has 0 saturated carbocycles. The van der Waals surface area contributed by atoms with E-state index in [0.717, 1.165) is 11.1 Å². The predicted octanol–water partition coefficient (Wildman–Crippen LogP) is 4.52. The Balaban J connectivity index is 2.13. The Morgan fingerprint density at radius 3 is 2.65 bits per heavy atom. The number of nitrogens with one attached hydrogen (secondary N) is 1. The molecule has 0 saturated heterocycles. The number of hydrogen-bond acceptors (Lipinski definition) is 3. The van der Waals surface area contributed by atoms with Gasteiger partial charge >= 0.3 is 0 Å². The van der Waals surface area contributed by atoms with Crippen molar-refractivity contribution in [1.29, 1.82) is 0 Å². The minimum atomic E-state index is -0.259. The topological polar surface area (TPSA) is 41.5 Å². The van der Waals surface area contributed by atoms with Crippen LogP contribution in [0.15, 0.2) is 35.4 Å². The highest BCUT2D eigenvalue weighted by Crippen LogP contribution is 2.31. The summed E-state index contributed by atoms with van der Waals surface area (Å²) in [5, 5.41) is 4.06. The van der Waals surface area contributed by atoms with Crippen molar-refractivity contribution in [2.45, 2.75) is 13.8 Å². The minimum absolute atomic E-state index is 0.259. The number of rotatable bonds is 3. The van der Waals surface area contributed by atoms with Crippen LogP contribution in [-0.2, 0) is 0 Å². The molecule has 0 unspecified atom stereocenters. The molecule has 1 heterocycles. The van der Waals surface area contributed by atoms with Gasteiger partial charge in [-0.1, -0.05) is 40.9 Å². The summed E-state index contributed by atoms with van der Waals surface area (Å²) in [5.74, 6) is -0.259. The number of hydrogen-bond donors (Lipinski definition) is 1. The van der Waals surface area contributed by atoms with Crippen molar-refractivity contribution in [1.82, 2.24) is 5.43 Å². The lowest BCUT2D eigenvalue weighted by molar-refractivity contribution is 0.0955. The Kier molecular flexibility index (Phi) is 4.81. The molecule has 0 radical (unpaired) electrons. The highest BCUT2D eigenvalue weighted by Gasteiger charge is 2.10. The number of thiophene rings is 1. The van der Waals surface area contributed by atoms with E-state index in [1.165, 1.54) is 11.3 Å². The van der Waals surface area contributed by atoms with Crippen LogP contribution in [0.3, 0.4) is 0 Å². The zero-order valence-electron chi connectivity index (χ0n) is 10.9. The SMILES string of the molecule is CC(=NNC(=O)c1cccc(C)c1)c1cc(Cl)sc1Cl. The molecule has 1 aromatic heterocycles. The van der Waals surface area contributed by atoms with Crippen LogP contribution in [-0.4, -0.2) is 11.6 Å². The highest BCUT2D eigenvalue weighted by atomic mass is 35.5. The first-order valence-corrected chi connectivity index (χ1v) is 7.41. The van der Waals surface area contributed by atoms with Crippen LogP contribution < -0.4 is 5.43 Å². The lowest BCUT2D eigenvalue weighted by atomic mass is 10.1. The Labute approximate surface area is 131 Å². The summed E-state index contributed by atoms with van der Waals surface area (Å²) in [7, 11) is 0. The number of halogens is 2. The standard InChI is InChI=1S/C14H12Cl2N2OS/c1-8-4-3-5-10(6-8)14(19)18-17-9(2)11-7-12(15)20-13(11)16/h3-7H,1-2H3,(H,18,19). The van der Waals surface area contributed by atoms with Crippen molar-refractivity contribution in [2.24, 2.45) is 5.10 Å². The van der Waals surface area contributed by atoms with Gasteiger partial charge in [0.05, 0.1) is 10.0 Å². The van der Waals surface area contributed by atoms with Gasteiger partial charge in [-0.2, -0.15) is 5.10 Å². The quantitative estimate of drug-likeness (QED) is 0.654. The van der Waals surface area contributed by atoms with Crippen molar-refractivity contribution >= 4 is 46.2 Å². The summed E-state index contributed by atoms with van der Waals surface area (Å²) >= 11 is 13.2. The normalized spacial score (nSPS) is 11.5. The molecule has 2 rings (SSSR count). The molecule has 0 atom stereocenters. The summed E-state index contributed by atoms with van der Waals surface area (Å²) in [4.78, 5) is 11.9. The van der Waals surface area contributed by atoms with Crippen molar-refractivity contribution in [3.05, 3.63) is 55.7 Å². The Morgan fingerprint density at radius 1 is 1.30 bits per heavy atom. The summed E-state index contributed by atoms with van der Waals surface area (Å²) in [6, 6.07) is 9.03. The monoisotopic (exact) mass is 326 g/mol. The fourth-order valence-corrected chi connectivity index (χ4v) is 3.20. The van der Waals surface area contributed by atoms with Crippen LogP contribution in [0.25, 0.3) is 0 Å². The van der Waals surface area contributed by atoms with Crippen LogP contribution in [0.2, 0.25) is 8.67 Å². The molecule has 0 aliphatic rings. The Bertz CT molecular complexity index is 680. The van der Waals surface area contributed by atoms with Gasteiger partial charge in [-0.05, 0) is 32.0 Å². The fraction of sp³-hybridized carbons (Fsp3) is 0.143. The lowest BCUT2D eigenvalue weighted by Crippen LogP contribution is -2.19.